The van der Waals surface area contributed by atoms with Crippen molar-refractivity contribution in [3.63, 3.8) is 0 Å². The van der Waals surface area contributed by atoms with Crippen LogP contribution in [0.4, 0.5) is 0 Å². The maximum Gasteiger partial charge on any atom is 0.252 e. The lowest BCUT2D eigenvalue weighted by Crippen LogP contribution is -2.12. The van der Waals surface area contributed by atoms with E-state index in [9.17, 15) is 4.79 Å². The van der Waals surface area contributed by atoms with Crippen LogP contribution >= 0.6 is 0 Å². The van der Waals surface area contributed by atoms with E-state index in [0.29, 0.717) is 6.54 Å². The van der Waals surface area contributed by atoms with Gasteiger partial charge in [0.25, 0.3) is 5.90 Å². The predicted octanol–water partition coefficient (Wildman–Crippen LogP) is 0.640. The number of hydrogen-bond donors (Lipinski definition) is 0. The molecule has 0 fully saturated rings. The van der Waals surface area contributed by atoms with Crippen LogP contribution < -0.4 is 0 Å². The first-order valence-electron chi connectivity index (χ1n) is 2.81. The number of Topliss-reactive ketones (excluding diaryl/α,β-unsaturated/α-hetero) is 1. The number of nitrogens with zero attached hydrogens (tertiary/aromatic N) is 1. The molecule has 0 amide bonds. The molecule has 3 heteroatoms. The van der Waals surface area contributed by atoms with E-state index in [-0.39, 0.29) is 11.7 Å². The van der Waals surface area contributed by atoms with Crippen molar-refractivity contribution < 1.29 is 9.53 Å². The molecule has 0 saturated heterocycles. The summed E-state index contributed by atoms with van der Waals surface area (Å²) in [5, 5.41) is 0. The summed E-state index contributed by atoms with van der Waals surface area (Å²) in [6.07, 6.45) is 0. The molecule has 0 N–H and O–H groups in total. The maximum atomic E-state index is 10.5. The molecule has 3 nitrogen and oxygen atoms in total. The lowest BCUT2D eigenvalue weighted by molar-refractivity contribution is -0.112. The standard InChI is InChI=1S/C6H11NO2/c1-4-7-6(9-3)5(2)8/h4H2,1-3H3/b7-6+. The van der Waals surface area contributed by atoms with Crippen LogP contribution in [0.2, 0.25) is 0 Å². The zero-order valence-electron chi connectivity index (χ0n) is 5.97. The first-order valence-corrected chi connectivity index (χ1v) is 2.81. The number of ether oxygens (including phenoxy) is 1. The molecule has 0 bridgehead atoms. The Labute approximate surface area is 54.7 Å². The minimum Gasteiger partial charge on any atom is -0.479 e. The van der Waals surface area contributed by atoms with Crippen molar-refractivity contribution in [1.82, 2.24) is 0 Å². The molecule has 0 aromatic rings. The van der Waals surface area contributed by atoms with E-state index < -0.39 is 0 Å². The second kappa shape index (κ2) is 4.06. The number of ketones is 1. The molecule has 0 aliphatic heterocycles. The Bertz CT molecular complexity index is 129. The quantitative estimate of drug-likeness (QED) is 0.405. The van der Waals surface area contributed by atoms with Crippen LogP contribution in [0.15, 0.2) is 4.99 Å². The summed E-state index contributed by atoms with van der Waals surface area (Å²) in [7, 11) is 1.44. The molecule has 0 radical (unpaired) electrons. The second-order valence-electron chi connectivity index (χ2n) is 1.54. The number of methoxy groups -OCH3 is 1. The zero-order valence-corrected chi connectivity index (χ0v) is 5.97. The van der Waals surface area contributed by atoms with Crippen LogP contribution in [-0.2, 0) is 9.53 Å². The molecule has 0 spiro atoms. The molecule has 0 unspecified atom stereocenters. The Kier molecular flexibility index (Phi) is 3.67. The van der Waals surface area contributed by atoms with E-state index in [1.807, 2.05) is 6.92 Å². The summed E-state index contributed by atoms with van der Waals surface area (Å²) < 4.78 is 4.65. The Hall–Kier alpha value is -0.860. The van der Waals surface area contributed by atoms with Gasteiger partial charge in [0, 0.05) is 13.5 Å². The van der Waals surface area contributed by atoms with Gasteiger partial charge in [-0.25, -0.2) is 4.99 Å². The van der Waals surface area contributed by atoms with E-state index >= 15 is 0 Å². The molecule has 0 aliphatic rings. The molecule has 0 heterocycles. The third-order valence-corrected chi connectivity index (χ3v) is 0.796. The first kappa shape index (κ1) is 8.14. The highest BCUT2D eigenvalue weighted by Gasteiger charge is 2.01. The Balaban J connectivity index is 3.98. The van der Waals surface area contributed by atoms with Crippen LogP contribution in [-0.4, -0.2) is 25.3 Å². The van der Waals surface area contributed by atoms with Gasteiger partial charge < -0.3 is 4.74 Å². The number of rotatable bonds is 2. The minimum atomic E-state index is -0.126. The van der Waals surface area contributed by atoms with Gasteiger partial charge in [-0.3, -0.25) is 4.79 Å². The number of carbonyl (C=O) groups is 1. The van der Waals surface area contributed by atoms with Gasteiger partial charge in [-0.1, -0.05) is 0 Å². The molecule has 0 aromatic heterocycles. The first-order chi connectivity index (χ1) is 4.22. The summed E-state index contributed by atoms with van der Waals surface area (Å²) in [6.45, 7) is 3.86. The molecule has 0 aliphatic carbocycles. The van der Waals surface area contributed by atoms with Crippen LogP contribution in [0.3, 0.4) is 0 Å². The fraction of sp³-hybridized carbons (Fsp3) is 0.667. The minimum absolute atomic E-state index is 0.126. The fourth-order valence-electron chi connectivity index (χ4n) is 0.463. The van der Waals surface area contributed by atoms with Crippen LogP contribution in [0.1, 0.15) is 13.8 Å². The van der Waals surface area contributed by atoms with Crippen molar-refractivity contribution in [3.05, 3.63) is 0 Å². The summed E-state index contributed by atoms with van der Waals surface area (Å²) in [4.78, 5) is 14.3. The average Bonchev–Trinajstić information content (AvgIpc) is 1.82. The van der Waals surface area contributed by atoms with Crippen LogP contribution in [0, 0.1) is 0 Å². The summed E-state index contributed by atoms with van der Waals surface area (Å²) in [5.74, 6) is 0.0804. The Morgan fingerprint density at radius 1 is 1.67 bits per heavy atom. The molecular formula is C6H11NO2. The molecule has 0 aromatic carbocycles. The third kappa shape index (κ3) is 2.85. The van der Waals surface area contributed by atoms with E-state index in [4.69, 9.17) is 0 Å². The lowest BCUT2D eigenvalue weighted by Gasteiger charge is -1.96. The normalized spacial score (nSPS) is 11.2. The van der Waals surface area contributed by atoms with Gasteiger partial charge in [-0.2, -0.15) is 0 Å². The van der Waals surface area contributed by atoms with E-state index in [1.54, 1.807) is 0 Å². The SMILES string of the molecule is CC/N=C(/OC)C(C)=O. The van der Waals surface area contributed by atoms with E-state index in [0.717, 1.165) is 0 Å². The van der Waals surface area contributed by atoms with Gasteiger partial charge in [0.2, 0.25) is 5.78 Å². The van der Waals surface area contributed by atoms with Gasteiger partial charge in [0.1, 0.15) is 0 Å². The topological polar surface area (TPSA) is 38.7 Å². The smallest absolute Gasteiger partial charge is 0.252 e. The highest BCUT2D eigenvalue weighted by atomic mass is 16.5. The Morgan fingerprint density at radius 2 is 2.22 bits per heavy atom. The average molecular weight is 129 g/mol. The summed E-state index contributed by atoms with van der Waals surface area (Å²) in [6, 6.07) is 0. The largest absolute Gasteiger partial charge is 0.479 e. The summed E-state index contributed by atoms with van der Waals surface area (Å²) >= 11 is 0. The van der Waals surface area contributed by atoms with E-state index in [1.165, 1.54) is 14.0 Å². The van der Waals surface area contributed by atoms with Crippen molar-refractivity contribution >= 4 is 11.7 Å². The maximum absolute atomic E-state index is 10.5. The zero-order chi connectivity index (χ0) is 7.28. The second-order valence-corrected chi connectivity index (χ2v) is 1.54. The number of hydrogen-bond acceptors (Lipinski definition) is 3. The lowest BCUT2D eigenvalue weighted by atomic mass is 10.4. The number of carbonyl (C=O) groups excluding carboxylic acids is 1. The highest BCUT2D eigenvalue weighted by Crippen LogP contribution is 1.81. The monoisotopic (exact) mass is 129 g/mol. The third-order valence-electron chi connectivity index (χ3n) is 0.796. The number of aliphatic imine (C=N–C) groups is 1. The van der Waals surface area contributed by atoms with Gasteiger partial charge >= 0.3 is 0 Å². The molecular weight excluding hydrogens is 118 g/mol. The van der Waals surface area contributed by atoms with Gasteiger partial charge in [-0.15, -0.1) is 0 Å². The highest BCUT2D eigenvalue weighted by molar-refractivity contribution is 6.35. The fourth-order valence-corrected chi connectivity index (χ4v) is 0.463. The van der Waals surface area contributed by atoms with Crippen molar-refractivity contribution in [2.24, 2.45) is 4.99 Å². The van der Waals surface area contributed by atoms with Crippen molar-refractivity contribution in [2.45, 2.75) is 13.8 Å². The van der Waals surface area contributed by atoms with Crippen LogP contribution in [0.25, 0.3) is 0 Å². The van der Waals surface area contributed by atoms with Crippen LogP contribution in [0.5, 0.6) is 0 Å². The predicted molar refractivity (Wildman–Crippen MR) is 35.7 cm³/mol. The molecule has 9 heavy (non-hydrogen) atoms. The molecule has 0 saturated carbocycles. The van der Waals surface area contributed by atoms with Gasteiger partial charge in [0.15, 0.2) is 0 Å². The van der Waals surface area contributed by atoms with E-state index in [2.05, 4.69) is 9.73 Å². The van der Waals surface area contributed by atoms with Crippen molar-refractivity contribution in [1.29, 1.82) is 0 Å². The Morgan fingerprint density at radius 3 is 2.33 bits per heavy atom. The van der Waals surface area contributed by atoms with Crippen molar-refractivity contribution in [3.8, 4) is 0 Å². The van der Waals surface area contributed by atoms with Crippen molar-refractivity contribution in [2.75, 3.05) is 13.7 Å². The molecule has 0 atom stereocenters. The van der Waals surface area contributed by atoms with Gasteiger partial charge in [-0.05, 0) is 6.92 Å². The molecule has 52 valence electrons. The van der Waals surface area contributed by atoms with Gasteiger partial charge in [0.05, 0.1) is 7.11 Å². The molecule has 0 rings (SSSR count). The summed E-state index contributed by atoms with van der Waals surface area (Å²) in [5.41, 5.74) is 0.